The molecule has 132 valence electrons. The van der Waals surface area contributed by atoms with Crippen LogP contribution in [-0.2, 0) is 9.59 Å². The Morgan fingerprint density at radius 1 is 1.19 bits per heavy atom. The second kappa shape index (κ2) is 8.87. The SMILES string of the molecule is Cc1cccc(NC(=O)CCSC2=NC(=O)C(=Cc3ccccc3)S2)c1. The van der Waals surface area contributed by atoms with Gasteiger partial charge in [-0.3, -0.25) is 9.59 Å². The smallest absolute Gasteiger partial charge is 0.285 e. The molecular formula is C20H18N2O2S2. The number of aliphatic imine (C=N–C) groups is 1. The predicted octanol–water partition coefficient (Wildman–Crippen LogP) is 4.73. The first-order chi connectivity index (χ1) is 12.6. The van der Waals surface area contributed by atoms with Crippen LogP contribution in [0.25, 0.3) is 6.08 Å². The summed E-state index contributed by atoms with van der Waals surface area (Å²) in [5.74, 6) is 0.318. The Labute approximate surface area is 161 Å². The molecule has 0 atom stereocenters. The second-order valence-electron chi connectivity index (χ2n) is 5.72. The van der Waals surface area contributed by atoms with E-state index in [0.717, 1.165) is 16.8 Å². The summed E-state index contributed by atoms with van der Waals surface area (Å²) in [5.41, 5.74) is 2.88. The minimum Gasteiger partial charge on any atom is -0.326 e. The van der Waals surface area contributed by atoms with Crippen molar-refractivity contribution in [1.82, 2.24) is 0 Å². The molecule has 6 heteroatoms. The lowest BCUT2D eigenvalue weighted by Gasteiger charge is -2.05. The highest BCUT2D eigenvalue weighted by molar-refractivity contribution is 8.41. The van der Waals surface area contributed by atoms with Gasteiger partial charge in [0.25, 0.3) is 5.91 Å². The Morgan fingerprint density at radius 2 is 2.00 bits per heavy atom. The highest BCUT2D eigenvalue weighted by Crippen LogP contribution is 2.33. The van der Waals surface area contributed by atoms with E-state index in [2.05, 4.69) is 10.3 Å². The van der Waals surface area contributed by atoms with Gasteiger partial charge in [-0.2, -0.15) is 4.99 Å². The number of nitrogens with one attached hydrogen (secondary N) is 1. The maximum atomic E-state index is 12.0. The van der Waals surface area contributed by atoms with Gasteiger partial charge in [0.05, 0.1) is 4.91 Å². The summed E-state index contributed by atoms with van der Waals surface area (Å²) in [6.45, 7) is 1.98. The number of anilines is 1. The molecule has 0 unspecified atom stereocenters. The van der Waals surface area contributed by atoms with Crippen molar-refractivity contribution in [2.75, 3.05) is 11.1 Å². The third kappa shape index (κ3) is 5.34. The molecule has 0 spiro atoms. The molecule has 1 aliphatic heterocycles. The first-order valence-corrected chi connectivity index (χ1v) is 9.97. The molecule has 0 aromatic heterocycles. The molecule has 0 saturated heterocycles. The van der Waals surface area contributed by atoms with E-state index in [1.807, 2.05) is 67.6 Å². The number of hydrogen-bond acceptors (Lipinski definition) is 4. The molecule has 1 aliphatic rings. The summed E-state index contributed by atoms with van der Waals surface area (Å²) in [4.78, 5) is 28.7. The Bertz CT molecular complexity index is 876. The second-order valence-corrected chi connectivity index (χ2v) is 8.09. The van der Waals surface area contributed by atoms with E-state index in [1.165, 1.54) is 23.5 Å². The average Bonchev–Trinajstić information content (AvgIpc) is 2.95. The quantitative estimate of drug-likeness (QED) is 0.760. The fraction of sp³-hybridized carbons (Fsp3) is 0.150. The normalized spacial score (nSPS) is 15.2. The van der Waals surface area contributed by atoms with E-state index in [4.69, 9.17) is 0 Å². The van der Waals surface area contributed by atoms with E-state index in [-0.39, 0.29) is 11.8 Å². The van der Waals surface area contributed by atoms with Crippen molar-refractivity contribution >= 4 is 51.5 Å². The van der Waals surface area contributed by atoms with Gasteiger partial charge in [-0.25, -0.2) is 0 Å². The summed E-state index contributed by atoms with van der Waals surface area (Å²) in [6, 6.07) is 17.4. The molecule has 2 aromatic rings. The van der Waals surface area contributed by atoms with Crippen LogP contribution in [0.1, 0.15) is 17.5 Å². The van der Waals surface area contributed by atoms with Crippen LogP contribution < -0.4 is 5.32 Å². The van der Waals surface area contributed by atoms with Crippen molar-refractivity contribution in [1.29, 1.82) is 0 Å². The standard InChI is InChI=1S/C20H18N2O2S2/c1-14-6-5-9-16(12-14)21-18(23)10-11-25-20-22-19(24)17(26-20)13-15-7-3-2-4-8-15/h2-9,12-13H,10-11H2,1H3,(H,21,23). The van der Waals surface area contributed by atoms with Crippen LogP contribution in [0.5, 0.6) is 0 Å². The molecule has 26 heavy (non-hydrogen) atoms. The van der Waals surface area contributed by atoms with Gasteiger partial charge in [0.2, 0.25) is 5.91 Å². The molecule has 1 heterocycles. The van der Waals surface area contributed by atoms with Crippen LogP contribution in [0, 0.1) is 6.92 Å². The molecule has 0 radical (unpaired) electrons. The fourth-order valence-corrected chi connectivity index (χ4v) is 4.34. The van der Waals surface area contributed by atoms with Crippen molar-refractivity contribution in [3.8, 4) is 0 Å². The van der Waals surface area contributed by atoms with Gasteiger partial charge < -0.3 is 5.32 Å². The van der Waals surface area contributed by atoms with Crippen LogP contribution in [0.15, 0.2) is 64.5 Å². The number of nitrogens with zero attached hydrogens (tertiary/aromatic N) is 1. The van der Waals surface area contributed by atoms with Gasteiger partial charge in [-0.1, -0.05) is 66.0 Å². The minimum absolute atomic E-state index is 0.0434. The highest BCUT2D eigenvalue weighted by Gasteiger charge is 2.22. The van der Waals surface area contributed by atoms with E-state index in [0.29, 0.717) is 21.5 Å². The Morgan fingerprint density at radius 3 is 2.77 bits per heavy atom. The summed E-state index contributed by atoms with van der Waals surface area (Å²) in [5, 5.41) is 2.88. The number of amides is 2. The van der Waals surface area contributed by atoms with Crippen molar-refractivity contribution in [3.63, 3.8) is 0 Å². The van der Waals surface area contributed by atoms with Gasteiger partial charge >= 0.3 is 0 Å². The number of carbonyl (C=O) groups is 2. The Hall–Kier alpha value is -2.31. The zero-order valence-corrected chi connectivity index (χ0v) is 15.9. The molecule has 0 fully saturated rings. The number of aryl methyl sites for hydroxylation is 1. The molecule has 0 saturated carbocycles. The summed E-state index contributed by atoms with van der Waals surface area (Å²) < 4.78 is 0.695. The minimum atomic E-state index is -0.217. The van der Waals surface area contributed by atoms with Gasteiger partial charge in [0, 0.05) is 17.9 Å². The summed E-state index contributed by atoms with van der Waals surface area (Å²) >= 11 is 2.80. The molecule has 3 rings (SSSR count). The zero-order valence-electron chi connectivity index (χ0n) is 14.3. The van der Waals surface area contributed by atoms with Crippen molar-refractivity contribution in [3.05, 3.63) is 70.6 Å². The van der Waals surface area contributed by atoms with Crippen LogP contribution in [0.3, 0.4) is 0 Å². The van der Waals surface area contributed by atoms with E-state index < -0.39 is 0 Å². The first-order valence-electron chi connectivity index (χ1n) is 8.17. The third-order valence-corrected chi connectivity index (χ3v) is 5.68. The van der Waals surface area contributed by atoms with E-state index >= 15 is 0 Å². The third-order valence-electron chi connectivity index (χ3n) is 3.55. The van der Waals surface area contributed by atoms with Crippen molar-refractivity contribution < 1.29 is 9.59 Å². The Kier molecular flexibility index (Phi) is 6.30. The molecule has 0 aliphatic carbocycles. The molecule has 2 amide bonds. The molecule has 0 bridgehead atoms. The molecule has 1 N–H and O–H groups in total. The molecular weight excluding hydrogens is 364 g/mol. The molecule has 2 aromatic carbocycles. The monoisotopic (exact) mass is 382 g/mol. The summed E-state index contributed by atoms with van der Waals surface area (Å²) in [6.07, 6.45) is 2.21. The lowest BCUT2D eigenvalue weighted by atomic mass is 10.2. The number of benzene rings is 2. The average molecular weight is 383 g/mol. The maximum Gasteiger partial charge on any atom is 0.285 e. The number of thioether (sulfide) groups is 2. The summed E-state index contributed by atoms with van der Waals surface area (Å²) in [7, 11) is 0. The van der Waals surface area contributed by atoms with Crippen molar-refractivity contribution in [2.45, 2.75) is 13.3 Å². The maximum absolute atomic E-state index is 12.0. The predicted molar refractivity (Wildman–Crippen MR) is 111 cm³/mol. The van der Waals surface area contributed by atoms with Gasteiger partial charge in [-0.05, 0) is 36.3 Å². The van der Waals surface area contributed by atoms with Crippen LogP contribution in [0.2, 0.25) is 0 Å². The van der Waals surface area contributed by atoms with Crippen molar-refractivity contribution in [2.24, 2.45) is 4.99 Å². The number of rotatable bonds is 5. The fourth-order valence-electron chi connectivity index (χ4n) is 2.33. The van der Waals surface area contributed by atoms with Crippen LogP contribution in [-0.4, -0.2) is 21.9 Å². The molecule has 4 nitrogen and oxygen atoms in total. The Balaban J connectivity index is 1.47. The zero-order chi connectivity index (χ0) is 18.4. The lowest BCUT2D eigenvalue weighted by molar-refractivity contribution is -0.116. The van der Waals surface area contributed by atoms with Crippen LogP contribution >= 0.6 is 23.5 Å². The topological polar surface area (TPSA) is 58.5 Å². The highest BCUT2D eigenvalue weighted by atomic mass is 32.2. The van der Waals surface area contributed by atoms with E-state index in [9.17, 15) is 9.59 Å². The van der Waals surface area contributed by atoms with Gasteiger partial charge in [-0.15, -0.1) is 0 Å². The van der Waals surface area contributed by atoms with Gasteiger partial charge in [0.1, 0.15) is 4.38 Å². The first kappa shape index (κ1) is 18.5. The van der Waals surface area contributed by atoms with Crippen LogP contribution in [0.4, 0.5) is 5.69 Å². The number of hydrogen-bond donors (Lipinski definition) is 1. The van der Waals surface area contributed by atoms with Gasteiger partial charge in [0.15, 0.2) is 0 Å². The lowest BCUT2D eigenvalue weighted by Crippen LogP contribution is -2.12. The largest absolute Gasteiger partial charge is 0.326 e. The van der Waals surface area contributed by atoms with E-state index in [1.54, 1.807) is 0 Å². The number of carbonyl (C=O) groups excluding carboxylic acids is 2.